The molecule has 0 spiro atoms. The van der Waals surface area contributed by atoms with Crippen molar-refractivity contribution < 1.29 is 0 Å². The van der Waals surface area contributed by atoms with E-state index in [0.29, 0.717) is 6.04 Å². The molecule has 2 rings (SSSR count). The van der Waals surface area contributed by atoms with Crippen molar-refractivity contribution in [3.63, 3.8) is 0 Å². The van der Waals surface area contributed by atoms with Crippen LogP contribution in [-0.4, -0.2) is 15.0 Å². The van der Waals surface area contributed by atoms with Crippen LogP contribution in [0.15, 0.2) is 12.4 Å². The molecule has 0 bridgehead atoms. The second-order valence-corrected chi connectivity index (χ2v) is 3.14. The van der Waals surface area contributed by atoms with Crippen LogP contribution in [0.2, 0.25) is 0 Å². The predicted molar refractivity (Wildman–Crippen MR) is 42.1 cm³/mol. The lowest BCUT2D eigenvalue weighted by atomic mass is 9.96. The molecular weight excluding hydrogens is 138 g/mol. The molecular formula is C8H13N3. The summed E-state index contributed by atoms with van der Waals surface area (Å²) in [5.74, 6) is 0. The quantitative estimate of drug-likeness (QED) is 0.612. The first-order valence-electron chi connectivity index (χ1n) is 4.32. The standard InChI is InChI=1S/C8H13N3/c1-2-4-8(5-3-1)11-9-6-7-10-11/h6-8H,1-5H2. The summed E-state index contributed by atoms with van der Waals surface area (Å²) in [4.78, 5) is 1.86. The molecule has 0 amide bonds. The van der Waals surface area contributed by atoms with E-state index in [1.54, 1.807) is 12.4 Å². The number of nitrogens with zero attached hydrogens (tertiary/aromatic N) is 3. The minimum atomic E-state index is 0.582. The summed E-state index contributed by atoms with van der Waals surface area (Å²) < 4.78 is 0. The van der Waals surface area contributed by atoms with Crippen LogP contribution in [0.25, 0.3) is 0 Å². The molecule has 60 valence electrons. The molecule has 1 aliphatic carbocycles. The van der Waals surface area contributed by atoms with E-state index < -0.39 is 0 Å². The molecule has 0 aromatic carbocycles. The van der Waals surface area contributed by atoms with Gasteiger partial charge < -0.3 is 0 Å². The van der Waals surface area contributed by atoms with Crippen molar-refractivity contribution in [1.29, 1.82) is 0 Å². The number of hydrogen-bond donors (Lipinski definition) is 0. The zero-order valence-corrected chi connectivity index (χ0v) is 6.61. The van der Waals surface area contributed by atoms with E-state index in [9.17, 15) is 0 Å². The largest absolute Gasteiger partial charge is 0.182 e. The van der Waals surface area contributed by atoms with Crippen molar-refractivity contribution in [2.45, 2.75) is 38.1 Å². The summed E-state index contributed by atoms with van der Waals surface area (Å²) in [7, 11) is 0. The van der Waals surface area contributed by atoms with Crippen LogP contribution in [0.4, 0.5) is 0 Å². The van der Waals surface area contributed by atoms with E-state index in [-0.39, 0.29) is 0 Å². The highest BCUT2D eigenvalue weighted by Crippen LogP contribution is 2.26. The van der Waals surface area contributed by atoms with Gasteiger partial charge in [-0.15, -0.1) is 0 Å². The molecule has 0 radical (unpaired) electrons. The Bertz CT molecular complexity index is 199. The monoisotopic (exact) mass is 151 g/mol. The normalized spacial score (nSPS) is 20.4. The molecule has 1 fully saturated rings. The van der Waals surface area contributed by atoms with E-state index in [1.807, 2.05) is 4.80 Å². The molecule has 1 aromatic rings. The van der Waals surface area contributed by atoms with Gasteiger partial charge in [-0.05, 0) is 12.8 Å². The lowest BCUT2D eigenvalue weighted by Crippen LogP contribution is -2.15. The summed E-state index contributed by atoms with van der Waals surface area (Å²) in [5.41, 5.74) is 0. The Morgan fingerprint density at radius 1 is 1.00 bits per heavy atom. The highest BCUT2D eigenvalue weighted by Gasteiger charge is 2.15. The Hall–Kier alpha value is -0.860. The lowest BCUT2D eigenvalue weighted by molar-refractivity contribution is 0.301. The second-order valence-electron chi connectivity index (χ2n) is 3.14. The molecule has 1 heterocycles. The average molecular weight is 151 g/mol. The zero-order chi connectivity index (χ0) is 7.52. The highest BCUT2D eigenvalue weighted by molar-refractivity contribution is 4.71. The molecule has 3 heteroatoms. The highest BCUT2D eigenvalue weighted by atomic mass is 15.5. The third kappa shape index (κ3) is 1.42. The maximum absolute atomic E-state index is 4.15. The summed E-state index contributed by atoms with van der Waals surface area (Å²) >= 11 is 0. The molecule has 0 N–H and O–H groups in total. The van der Waals surface area contributed by atoms with E-state index in [0.717, 1.165) is 0 Å². The maximum atomic E-state index is 4.15. The first-order valence-corrected chi connectivity index (χ1v) is 4.32. The Morgan fingerprint density at radius 2 is 1.64 bits per heavy atom. The van der Waals surface area contributed by atoms with Gasteiger partial charge in [-0.2, -0.15) is 15.0 Å². The topological polar surface area (TPSA) is 30.7 Å². The minimum absolute atomic E-state index is 0.582. The van der Waals surface area contributed by atoms with E-state index in [4.69, 9.17) is 0 Å². The Labute approximate surface area is 66.4 Å². The van der Waals surface area contributed by atoms with Gasteiger partial charge in [0.05, 0.1) is 18.4 Å². The Balaban J connectivity index is 2.04. The number of hydrogen-bond acceptors (Lipinski definition) is 2. The van der Waals surface area contributed by atoms with Crippen LogP contribution in [0, 0.1) is 0 Å². The van der Waals surface area contributed by atoms with Crippen molar-refractivity contribution in [3.8, 4) is 0 Å². The number of aromatic nitrogens is 3. The van der Waals surface area contributed by atoms with E-state index >= 15 is 0 Å². The fourth-order valence-corrected chi connectivity index (χ4v) is 1.73. The Morgan fingerprint density at radius 3 is 2.27 bits per heavy atom. The van der Waals surface area contributed by atoms with Gasteiger partial charge >= 0.3 is 0 Å². The van der Waals surface area contributed by atoms with Gasteiger partial charge in [-0.1, -0.05) is 19.3 Å². The molecule has 0 unspecified atom stereocenters. The Kier molecular flexibility index (Phi) is 1.88. The molecule has 0 aliphatic heterocycles. The van der Waals surface area contributed by atoms with Gasteiger partial charge in [0.15, 0.2) is 0 Å². The second kappa shape index (κ2) is 3.03. The van der Waals surface area contributed by atoms with Crippen molar-refractivity contribution in [3.05, 3.63) is 12.4 Å². The fourth-order valence-electron chi connectivity index (χ4n) is 1.73. The van der Waals surface area contributed by atoms with Crippen LogP contribution >= 0.6 is 0 Å². The molecule has 0 atom stereocenters. The molecule has 1 aromatic heterocycles. The SMILES string of the molecule is c1cnn(C2CCCCC2)n1. The van der Waals surface area contributed by atoms with Crippen LogP contribution in [0.3, 0.4) is 0 Å². The summed E-state index contributed by atoms with van der Waals surface area (Å²) in [6, 6.07) is 0.582. The van der Waals surface area contributed by atoms with Gasteiger partial charge in [-0.3, -0.25) is 0 Å². The van der Waals surface area contributed by atoms with Crippen molar-refractivity contribution in [2.75, 3.05) is 0 Å². The van der Waals surface area contributed by atoms with Crippen molar-refractivity contribution >= 4 is 0 Å². The molecule has 1 aliphatic rings. The van der Waals surface area contributed by atoms with Crippen molar-refractivity contribution in [1.82, 2.24) is 15.0 Å². The van der Waals surface area contributed by atoms with Crippen LogP contribution < -0.4 is 0 Å². The summed E-state index contributed by atoms with van der Waals surface area (Å²) in [6.07, 6.45) is 10.1. The number of rotatable bonds is 1. The van der Waals surface area contributed by atoms with Crippen LogP contribution in [0.5, 0.6) is 0 Å². The van der Waals surface area contributed by atoms with Gasteiger partial charge in [0.2, 0.25) is 0 Å². The van der Waals surface area contributed by atoms with Gasteiger partial charge in [0.1, 0.15) is 0 Å². The van der Waals surface area contributed by atoms with E-state index in [2.05, 4.69) is 10.2 Å². The molecule has 3 nitrogen and oxygen atoms in total. The average Bonchev–Trinajstić information content (AvgIpc) is 2.58. The summed E-state index contributed by atoms with van der Waals surface area (Å²) in [6.45, 7) is 0. The third-order valence-corrected chi connectivity index (χ3v) is 2.34. The first-order chi connectivity index (χ1) is 5.47. The van der Waals surface area contributed by atoms with Crippen molar-refractivity contribution in [2.24, 2.45) is 0 Å². The lowest BCUT2D eigenvalue weighted by Gasteiger charge is -2.20. The van der Waals surface area contributed by atoms with Crippen LogP contribution in [0.1, 0.15) is 38.1 Å². The molecule has 11 heavy (non-hydrogen) atoms. The zero-order valence-electron chi connectivity index (χ0n) is 6.61. The minimum Gasteiger partial charge on any atom is -0.182 e. The van der Waals surface area contributed by atoms with Crippen LogP contribution in [-0.2, 0) is 0 Å². The van der Waals surface area contributed by atoms with E-state index in [1.165, 1.54) is 32.1 Å². The molecule has 1 saturated carbocycles. The van der Waals surface area contributed by atoms with Gasteiger partial charge in [0.25, 0.3) is 0 Å². The van der Waals surface area contributed by atoms with Gasteiger partial charge in [-0.25, -0.2) is 0 Å². The predicted octanol–water partition coefficient (Wildman–Crippen LogP) is 1.78. The first kappa shape index (κ1) is 6.83. The third-order valence-electron chi connectivity index (χ3n) is 2.34. The fraction of sp³-hybridized carbons (Fsp3) is 0.750. The molecule has 0 saturated heterocycles. The van der Waals surface area contributed by atoms with Gasteiger partial charge in [0, 0.05) is 0 Å². The maximum Gasteiger partial charge on any atom is 0.0716 e. The smallest absolute Gasteiger partial charge is 0.0716 e. The summed E-state index contributed by atoms with van der Waals surface area (Å²) in [5, 5.41) is 8.29.